The fourth-order valence-corrected chi connectivity index (χ4v) is 4.39. The number of hydrogen-bond donors (Lipinski definition) is 0. The quantitative estimate of drug-likeness (QED) is 0.341. The average molecular weight is 435 g/mol. The molecule has 1 saturated carbocycles. The first-order valence-corrected chi connectivity index (χ1v) is 12.3. The number of carbonyl (C=O) groups excluding carboxylic acids is 1. The minimum Gasteiger partial charge on any atom is -0.378 e. The van der Waals surface area contributed by atoms with Crippen molar-refractivity contribution in [3.63, 3.8) is 0 Å². The van der Waals surface area contributed by atoms with Crippen molar-refractivity contribution in [2.24, 2.45) is 0 Å². The van der Waals surface area contributed by atoms with E-state index in [1.807, 2.05) is 11.9 Å². The van der Waals surface area contributed by atoms with E-state index in [9.17, 15) is 9.18 Å². The van der Waals surface area contributed by atoms with Crippen LogP contribution in [0.25, 0.3) is 0 Å². The number of ether oxygens (including phenoxy) is 1. The van der Waals surface area contributed by atoms with E-state index in [2.05, 4.69) is 18.9 Å². The molecule has 31 heavy (non-hydrogen) atoms. The van der Waals surface area contributed by atoms with Crippen molar-refractivity contribution in [1.29, 1.82) is 0 Å². The summed E-state index contributed by atoms with van der Waals surface area (Å²) in [6, 6.07) is 6.06. The summed E-state index contributed by atoms with van der Waals surface area (Å²) in [4.78, 5) is 16.9. The van der Waals surface area contributed by atoms with Gasteiger partial charge in [-0.2, -0.15) is 0 Å². The lowest BCUT2D eigenvalue weighted by atomic mass is 9.91. The molecule has 1 aliphatic rings. The van der Waals surface area contributed by atoms with E-state index in [-0.39, 0.29) is 17.8 Å². The number of halogens is 1. The largest absolute Gasteiger partial charge is 0.378 e. The minimum absolute atomic E-state index is 0.0274. The molecule has 0 aromatic heterocycles. The highest BCUT2D eigenvalue weighted by Crippen LogP contribution is 2.26. The number of amides is 1. The monoisotopic (exact) mass is 434 g/mol. The molecule has 0 saturated heterocycles. The molecule has 1 amide bonds. The standard InChI is InChI=1S/C26H43FN2O2/c1-4-5-8-19-28(2)20-9-6-7-10-21-31-25-17-15-24(16-18-25)29(3)26(30)22-11-13-23(27)14-12-22/h11-14,24-25H,4-10,15-21H2,1-3H3. The Morgan fingerprint density at radius 2 is 1.55 bits per heavy atom. The third-order valence-electron chi connectivity index (χ3n) is 6.53. The van der Waals surface area contributed by atoms with Crippen molar-refractivity contribution < 1.29 is 13.9 Å². The maximum absolute atomic E-state index is 13.1. The van der Waals surface area contributed by atoms with Crippen LogP contribution in [0, 0.1) is 5.82 Å². The van der Waals surface area contributed by atoms with Crippen LogP contribution < -0.4 is 0 Å². The third-order valence-corrected chi connectivity index (χ3v) is 6.53. The van der Waals surface area contributed by atoms with Gasteiger partial charge >= 0.3 is 0 Å². The highest BCUT2D eigenvalue weighted by molar-refractivity contribution is 5.94. The Hall–Kier alpha value is -1.46. The molecule has 0 heterocycles. The van der Waals surface area contributed by atoms with Crippen LogP contribution in [0.2, 0.25) is 0 Å². The Kier molecular flexibility index (Phi) is 12.1. The van der Waals surface area contributed by atoms with Gasteiger partial charge in [0.25, 0.3) is 5.91 Å². The van der Waals surface area contributed by atoms with E-state index in [1.165, 1.54) is 63.7 Å². The lowest BCUT2D eigenvalue weighted by Crippen LogP contribution is -2.40. The number of benzene rings is 1. The van der Waals surface area contributed by atoms with Crippen LogP contribution >= 0.6 is 0 Å². The van der Waals surface area contributed by atoms with Crippen LogP contribution in [-0.4, -0.2) is 61.6 Å². The van der Waals surface area contributed by atoms with Gasteiger partial charge in [0.2, 0.25) is 0 Å². The molecule has 0 atom stereocenters. The molecule has 0 aliphatic heterocycles. The number of hydrogen-bond acceptors (Lipinski definition) is 3. The molecule has 0 bridgehead atoms. The number of carbonyl (C=O) groups is 1. The minimum atomic E-state index is -0.313. The van der Waals surface area contributed by atoms with E-state index in [0.717, 1.165) is 38.7 Å². The van der Waals surface area contributed by atoms with Crippen LogP contribution in [0.5, 0.6) is 0 Å². The number of nitrogens with zero attached hydrogens (tertiary/aromatic N) is 2. The Bertz CT molecular complexity index is 614. The molecular formula is C26H43FN2O2. The molecule has 1 aliphatic carbocycles. The van der Waals surface area contributed by atoms with Gasteiger partial charge in [-0.3, -0.25) is 4.79 Å². The molecule has 0 spiro atoms. The second-order valence-electron chi connectivity index (χ2n) is 9.15. The average Bonchev–Trinajstić information content (AvgIpc) is 2.78. The molecule has 0 N–H and O–H groups in total. The molecule has 0 unspecified atom stereocenters. The van der Waals surface area contributed by atoms with Crippen molar-refractivity contribution >= 4 is 5.91 Å². The van der Waals surface area contributed by atoms with Crippen molar-refractivity contribution in [3.05, 3.63) is 35.6 Å². The van der Waals surface area contributed by atoms with Gasteiger partial charge in [-0.15, -0.1) is 0 Å². The predicted octanol–water partition coefficient (Wildman–Crippen LogP) is 5.91. The van der Waals surface area contributed by atoms with Gasteiger partial charge in [0.05, 0.1) is 6.10 Å². The third kappa shape index (κ3) is 9.69. The van der Waals surface area contributed by atoms with E-state index in [4.69, 9.17) is 4.74 Å². The van der Waals surface area contributed by atoms with Crippen molar-refractivity contribution in [2.75, 3.05) is 33.8 Å². The summed E-state index contributed by atoms with van der Waals surface area (Å²) in [5.41, 5.74) is 0.550. The lowest BCUT2D eigenvalue weighted by molar-refractivity contribution is 0.00907. The highest BCUT2D eigenvalue weighted by Gasteiger charge is 2.27. The first-order valence-electron chi connectivity index (χ1n) is 12.3. The van der Waals surface area contributed by atoms with Crippen LogP contribution in [0.4, 0.5) is 4.39 Å². The van der Waals surface area contributed by atoms with Gasteiger partial charge in [0, 0.05) is 25.3 Å². The molecule has 0 radical (unpaired) electrons. The number of rotatable bonds is 14. The summed E-state index contributed by atoms with van der Waals surface area (Å²) >= 11 is 0. The summed E-state index contributed by atoms with van der Waals surface area (Å²) < 4.78 is 19.2. The van der Waals surface area contributed by atoms with Gasteiger partial charge in [-0.1, -0.05) is 32.6 Å². The van der Waals surface area contributed by atoms with Gasteiger partial charge in [-0.25, -0.2) is 4.39 Å². The predicted molar refractivity (Wildman–Crippen MR) is 126 cm³/mol. The van der Waals surface area contributed by atoms with E-state index in [1.54, 1.807) is 12.1 Å². The maximum Gasteiger partial charge on any atom is 0.253 e. The van der Waals surface area contributed by atoms with E-state index < -0.39 is 0 Å². The molecule has 1 aromatic rings. The lowest BCUT2D eigenvalue weighted by Gasteiger charge is -2.34. The topological polar surface area (TPSA) is 32.8 Å². The summed E-state index contributed by atoms with van der Waals surface area (Å²) in [5.74, 6) is -0.341. The van der Waals surface area contributed by atoms with Gasteiger partial charge < -0.3 is 14.5 Å². The van der Waals surface area contributed by atoms with Crippen molar-refractivity contribution in [1.82, 2.24) is 9.80 Å². The normalized spacial score (nSPS) is 19.0. The van der Waals surface area contributed by atoms with Gasteiger partial charge in [-0.05, 0) is 89.3 Å². The van der Waals surface area contributed by atoms with Crippen LogP contribution in [0.3, 0.4) is 0 Å². The fourth-order valence-electron chi connectivity index (χ4n) is 4.39. The summed E-state index contributed by atoms with van der Waals surface area (Å²) in [6.07, 6.45) is 13.2. The molecule has 4 nitrogen and oxygen atoms in total. The molecule has 2 rings (SSSR count). The van der Waals surface area contributed by atoms with Gasteiger partial charge in [0.15, 0.2) is 0 Å². The first kappa shape index (κ1) is 25.8. The van der Waals surface area contributed by atoms with Crippen molar-refractivity contribution in [2.45, 2.75) is 89.7 Å². The molecule has 5 heteroatoms. The first-order chi connectivity index (χ1) is 15.0. The SMILES string of the molecule is CCCCCN(C)CCCCCCOC1CCC(N(C)C(=O)c2ccc(F)cc2)CC1. The summed E-state index contributed by atoms with van der Waals surface area (Å²) in [6.45, 7) is 5.54. The zero-order valence-corrected chi connectivity index (χ0v) is 20.0. The van der Waals surface area contributed by atoms with Crippen molar-refractivity contribution in [3.8, 4) is 0 Å². The van der Waals surface area contributed by atoms with Crippen LogP contribution in [0.1, 0.15) is 87.9 Å². The second kappa shape index (κ2) is 14.6. The Balaban J connectivity index is 1.52. The second-order valence-corrected chi connectivity index (χ2v) is 9.15. The zero-order valence-electron chi connectivity index (χ0n) is 20.0. The fraction of sp³-hybridized carbons (Fsp3) is 0.731. The van der Waals surface area contributed by atoms with E-state index in [0.29, 0.717) is 11.7 Å². The Morgan fingerprint density at radius 3 is 2.19 bits per heavy atom. The van der Waals surface area contributed by atoms with E-state index >= 15 is 0 Å². The Labute approximate surface area is 189 Å². The molecular weight excluding hydrogens is 391 g/mol. The molecule has 1 fully saturated rings. The zero-order chi connectivity index (χ0) is 22.5. The van der Waals surface area contributed by atoms with Crippen LogP contribution in [-0.2, 0) is 4.74 Å². The van der Waals surface area contributed by atoms with Crippen LogP contribution in [0.15, 0.2) is 24.3 Å². The summed E-state index contributed by atoms with van der Waals surface area (Å²) in [7, 11) is 4.10. The smallest absolute Gasteiger partial charge is 0.253 e. The molecule has 176 valence electrons. The maximum atomic E-state index is 13.1. The van der Waals surface area contributed by atoms with Gasteiger partial charge in [0.1, 0.15) is 5.82 Å². The number of unbranched alkanes of at least 4 members (excludes halogenated alkanes) is 5. The molecule has 1 aromatic carbocycles. The summed E-state index contributed by atoms with van der Waals surface area (Å²) in [5, 5.41) is 0. The Morgan fingerprint density at radius 1 is 0.935 bits per heavy atom. The highest BCUT2D eigenvalue weighted by atomic mass is 19.1.